The predicted molar refractivity (Wildman–Crippen MR) is 120 cm³/mol. The van der Waals surface area contributed by atoms with E-state index >= 15 is 0 Å². The van der Waals surface area contributed by atoms with E-state index in [1.54, 1.807) is 0 Å². The lowest BCUT2D eigenvalue weighted by Crippen LogP contribution is -2.51. The maximum absolute atomic E-state index is 13.3. The van der Waals surface area contributed by atoms with E-state index in [9.17, 15) is 39.6 Å². The van der Waals surface area contributed by atoms with Crippen molar-refractivity contribution in [2.24, 2.45) is 16.8 Å². The van der Waals surface area contributed by atoms with Crippen molar-refractivity contribution in [3.05, 3.63) is 29.0 Å². The van der Waals surface area contributed by atoms with Gasteiger partial charge in [0.05, 0.1) is 18.7 Å². The molecule has 0 radical (unpaired) electrons. The Morgan fingerprint density at radius 2 is 1.84 bits per heavy atom. The molecule has 1 fully saturated rings. The fraction of sp³-hybridized carbons (Fsp3) is 0.478. The van der Waals surface area contributed by atoms with Crippen LogP contribution >= 0.6 is 0 Å². The Hall–Kier alpha value is -3.21. The van der Waals surface area contributed by atoms with Crippen molar-refractivity contribution in [3.63, 3.8) is 0 Å². The fourth-order valence-electron chi connectivity index (χ4n) is 3.88. The molecule has 0 saturated carbocycles. The second-order valence-electron chi connectivity index (χ2n) is 8.59. The van der Waals surface area contributed by atoms with Gasteiger partial charge >= 0.3 is 12.4 Å². The van der Waals surface area contributed by atoms with Crippen LogP contribution in [0.5, 0.6) is 11.5 Å². The highest BCUT2D eigenvalue weighted by molar-refractivity contribution is 7.90. The van der Waals surface area contributed by atoms with Gasteiger partial charge in [-0.2, -0.15) is 26.3 Å². The number of rotatable bonds is 6. The first-order chi connectivity index (χ1) is 17.0. The average Bonchev–Trinajstić information content (AvgIpc) is 2.75. The summed E-state index contributed by atoms with van der Waals surface area (Å²) in [5.41, 5.74) is -0.275. The highest BCUT2D eigenvalue weighted by Gasteiger charge is 2.44. The third kappa shape index (κ3) is 5.87. The third-order valence-electron chi connectivity index (χ3n) is 5.94. The molecule has 1 aromatic rings. The van der Waals surface area contributed by atoms with Crippen molar-refractivity contribution in [2.45, 2.75) is 36.7 Å². The van der Waals surface area contributed by atoms with Crippen molar-refractivity contribution in [3.8, 4) is 23.8 Å². The number of terminal acetylenes is 1. The number of benzene rings is 1. The molecule has 2 heterocycles. The molecule has 3 rings (SSSR count). The maximum Gasteiger partial charge on any atom is 0.425 e. The Morgan fingerprint density at radius 1 is 1.22 bits per heavy atom. The van der Waals surface area contributed by atoms with Gasteiger partial charge < -0.3 is 14.4 Å². The molecule has 1 unspecified atom stereocenters. The van der Waals surface area contributed by atoms with Gasteiger partial charge in [0.25, 0.3) is 5.91 Å². The SMILES string of the molecule is C#CC1=C(C2CN(C(=O)c3c(O[C@@H](C)C(F)(F)F)ccc(S(C)(=O)=O)c3OC)C2)N=CC(C(F)(F)F)C1. The van der Waals surface area contributed by atoms with Crippen molar-refractivity contribution >= 4 is 22.0 Å². The lowest BCUT2D eigenvalue weighted by atomic mass is 9.87. The van der Waals surface area contributed by atoms with Gasteiger partial charge in [-0.15, -0.1) is 6.42 Å². The summed E-state index contributed by atoms with van der Waals surface area (Å²) >= 11 is 0. The molecular formula is C23H22F6N2O5S. The Kier molecular flexibility index (Phi) is 7.61. The molecule has 0 spiro atoms. The van der Waals surface area contributed by atoms with E-state index in [1.165, 1.54) is 0 Å². The smallest absolute Gasteiger partial charge is 0.425 e. The maximum atomic E-state index is 13.3. The normalized spacial score (nSPS) is 19.8. The minimum Gasteiger partial charge on any atom is -0.494 e. The van der Waals surface area contributed by atoms with Crippen molar-refractivity contribution in [2.75, 3.05) is 26.5 Å². The molecule has 1 aromatic carbocycles. The van der Waals surface area contributed by atoms with Crippen LogP contribution in [0.2, 0.25) is 0 Å². The number of allylic oxidation sites excluding steroid dienone is 1. The van der Waals surface area contributed by atoms with Gasteiger partial charge in [0.1, 0.15) is 16.2 Å². The summed E-state index contributed by atoms with van der Waals surface area (Å²) in [7, 11) is -2.91. The predicted octanol–water partition coefficient (Wildman–Crippen LogP) is 4.04. The molecule has 2 aliphatic heterocycles. The number of carbonyl (C=O) groups is 1. The van der Waals surface area contributed by atoms with Gasteiger partial charge in [-0.25, -0.2) is 8.42 Å². The summed E-state index contributed by atoms with van der Waals surface area (Å²) in [4.78, 5) is 18.0. The van der Waals surface area contributed by atoms with E-state index in [0.29, 0.717) is 6.92 Å². The summed E-state index contributed by atoms with van der Waals surface area (Å²) in [6, 6.07) is 1.91. The van der Waals surface area contributed by atoms with Gasteiger partial charge in [-0.1, -0.05) is 5.92 Å². The van der Waals surface area contributed by atoms with E-state index in [-0.39, 0.29) is 24.4 Å². The third-order valence-corrected chi connectivity index (χ3v) is 7.06. The van der Waals surface area contributed by atoms with Gasteiger partial charge in [-0.05, 0) is 25.5 Å². The summed E-state index contributed by atoms with van der Waals surface area (Å²) in [5.74, 6) is -2.07. The van der Waals surface area contributed by atoms with Gasteiger partial charge in [0.2, 0.25) is 0 Å². The molecule has 0 aromatic heterocycles. The number of halogens is 6. The zero-order chi connectivity index (χ0) is 27.9. The standard InChI is InChI=1S/C23H22F6N2O5S/c1-5-13-8-15(23(27,28)29)9-30-19(13)14-10-31(11-14)21(32)18-16(36-12(2)22(24,25)26)6-7-17(20(18)35-3)37(4,33)34/h1,6-7,9,12,14-15H,8,10-11H2,2-4H3/t12-,15?/m0/s1. The molecule has 0 aliphatic carbocycles. The Balaban J connectivity index is 1.93. The number of hydrogen-bond acceptors (Lipinski definition) is 6. The second-order valence-corrected chi connectivity index (χ2v) is 10.6. The van der Waals surface area contributed by atoms with Crippen molar-refractivity contribution in [1.82, 2.24) is 4.90 Å². The number of aliphatic imine (C=N–C) groups is 1. The van der Waals surface area contributed by atoms with Crippen LogP contribution in [0.4, 0.5) is 26.3 Å². The molecule has 37 heavy (non-hydrogen) atoms. The topological polar surface area (TPSA) is 85.3 Å². The van der Waals surface area contributed by atoms with Crippen LogP contribution in [-0.4, -0.2) is 70.4 Å². The lowest BCUT2D eigenvalue weighted by molar-refractivity contribution is -0.189. The van der Waals surface area contributed by atoms with E-state index in [4.69, 9.17) is 15.9 Å². The quantitative estimate of drug-likeness (QED) is 0.393. The first-order valence-electron chi connectivity index (χ1n) is 10.7. The molecule has 1 saturated heterocycles. The average molecular weight is 552 g/mol. The number of alkyl halides is 6. The Morgan fingerprint density at radius 3 is 2.32 bits per heavy atom. The zero-order valence-corrected chi connectivity index (χ0v) is 20.6. The van der Waals surface area contributed by atoms with E-state index in [1.807, 2.05) is 0 Å². The number of methoxy groups -OCH3 is 1. The first kappa shape index (κ1) is 28.4. The van der Waals surface area contributed by atoms with Crippen molar-refractivity contribution < 1.29 is 49.0 Å². The van der Waals surface area contributed by atoms with E-state index in [2.05, 4.69) is 10.9 Å². The number of hydrogen-bond donors (Lipinski definition) is 0. The number of amides is 1. The number of sulfone groups is 1. The lowest BCUT2D eigenvalue weighted by Gasteiger charge is -2.41. The van der Waals surface area contributed by atoms with Crippen LogP contribution in [0.25, 0.3) is 0 Å². The molecular weight excluding hydrogens is 530 g/mol. The van der Waals surface area contributed by atoms with Gasteiger partial charge in [0, 0.05) is 37.1 Å². The van der Waals surface area contributed by atoms with Crippen LogP contribution in [-0.2, 0) is 9.84 Å². The number of carbonyl (C=O) groups excluding carboxylic acids is 1. The first-order valence-corrected chi connectivity index (χ1v) is 12.6. The van der Waals surface area contributed by atoms with Crippen LogP contribution < -0.4 is 9.47 Å². The summed E-state index contributed by atoms with van der Waals surface area (Å²) in [6.45, 7) is 0.565. The van der Waals surface area contributed by atoms with Gasteiger partial charge in [0.15, 0.2) is 21.7 Å². The molecule has 202 valence electrons. The highest BCUT2D eigenvalue weighted by Crippen LogP contribution is 2.41. The number of ether oxygens (including phenoxy) is 2. The molecule has 14 heteroatoms. The molecule has 2 aliphatic rings. The second kappa shape index (κ2) is 9.92. The molecule has 7 nitrogen and oxygen atoms in total. The highest BCUT2D eigenvalue weighted by atomic mass is 32.2. The number of nitrogens with zero attached hydrogens (tertiary/aromatic N) is 2. The summed E-state index contributed by atoms with van der Waals surface area (Å²) in [6.07, 6.45) is -5.14. The molecule has 0 bridgehead atoms. The molecule has 2 atom stereocenters. The summed E-state index contributed by atoms with van der Waals surface area (Å²) in [5, 5.41) is 0. The molecule has 1 amide bonds. The zero-order valence-electron chi connectivity index (χ0n) is 19.8. The van der Waals surface area contributed by atoms with Crippen LogP contribution in [0, 0.1) is 24.2 Å². The fourth-order valence-corrected chi connectivity index (χ4v) is 4.72. The van der Waals surface area contributed by atoms with E-state index in [0.717, 1.165) is 36.6 Å². The van der Waals surface area contributed by atoms with Crippen molar-refractivity contribution in [1.29, 1.82) is 0 Å². The van der Waals surface area contributed by atoms with Crippen LogP contribution in [0.3, 0.4) is 0 Å². The Bertz CT molecular complexity index is 1290. The number of likely N-dealkylation sites (tertiary alicyclic amines) is 1. The Labute approximate surface area is 209 Å². The van der Waals surface area contributed by atoms with Crippen LogP contribution in [0.15, 0.2) is 33.3 Å². The largest absolute Gasteiger partial charge is 0.494 e. The van der Waals surface area contributed by atoms with E-state index < -0.39 is 74.4 Å². The monoisotopic (exact) mass is 552 g/mol. The van der Waals surface area contributed by atoms with Gasteiger partial charge in [-0.3, -0.25) is 9.79 Å². The minimum atomic E-state index is -4.78. The summed E-state index contributed by atoms with van der Waals surface area (Å²) < 4.78 is 113. The minimum absolute atomic E-state index is 0.0432. The molecule has 0 N–H and O–H groups in total. The van der Waals surface area contributed by atoms with Crippen LogP contribution in [0.1, 0.15) is 23.7 Å².